The molecular formula is C13H28O3. The molecule has 0 radical (unpaired) electrons. The molecule has 3 nitrogen and oxygen atoms in total. The minimum Gasteiger partial charge on any atom is -0.376 e. The maximum atomic E-state index is 9.40. The van der Waals surface area contributed by atoms with E-state index in [2.05, 4.69) is 13.8 Å². The van der Waals surface area contributed by atoms with Crippen LogP contribution < -0.4 is 0 Å². The molecule has 0 aromatic rings. The highest BCUT2D eigenvalue weighted by atomic mass is 16.6. The molecular weight excluding hydrogens is 204 g/mol. The molecule has 0 rings (SSSR count). The molecule has 3 heteroatoms. The van der Waals surface area contributed by atoms with Crippen LogP contribution in [0, 0.1) is 0 Å². The van der Waals surface area contributed by atoms with Gasteiger partial charge in [0.2, 0.25) is 0 Å². The van der Waals surface area contributed by atoms with E-state index in [0.29, 0.717) is 13.2 Å². The molecule has 0 aliphatic carbocycles. The Labute approximate surface area is 100 Å². The van der Waals surface area contributed by atoms with Crippen molar-refractivity contribution in [2.24, 2.45) is 0 Å². The van der Waals surface area contributed by atoms with E-state index in [9.17, 15) is 5.11 Å². The van der Waals surface area contributed by atoms with Gasteiger partial charge < -0.3 is 14.6 Å². The molecule has 0 fully saturated rings. The molecule has 0 aromatic heterocycles. The van der Waals surface area contributed by atoms with Gasteiger partial charge in [-0.25, -0.2) is 0 Å². The Kier molecular flexibility index (Phi) is 12.9. The van der Waals surface area contributed by atoms with Gasteiger partial charge in [-0.2, -0.15) is 0 Å². The van der Waals surface area contributed by atoms with Gasteiger partial charge in [0.15, 0.2) is 6.29 Å². The van der Waals surface area contributed by atoms with Gasteiger partial charge in [0, 0.05) is 13.2 Å². The van der Waals surface area contributed by atoms with Gasteiger partial charge in [0.1, 0.15) is 0 Å². The minimum absolute atomic E-state index is 0.304. The Bertz CT molecular complexity index is 128. The molecule has 0 aliphatic rings. The Morgan fingerprint density at radius 1 is 0.875 bits per heavy atom. The number of ether oxygens (including phenoxy) is 2. The average Bonchev–Trinajstić information content (AvgIpc) is 2.29. The van der Waals surface area contributed by atoms with Gasteiger partial charge in [-0.1, -0.05) is 46.0 Å². The van der Waals surface area contributed by atoms with Crippen molar-refractivity contribution in [2.45, 2.75) is 65.1 Å². The number of unbranched alkanes of at least 4 members (excludes halogenated alkanes) is 5. The average molecular weight is 232 g/mol. The summed E-state index contributed by atoms with van der Waals surface area (Å²) >= 11 is 0. The fraction of sp³-hybridized carbons (Fsp3) is 1.00. The summed E-state index contributed by atoms with van der Waals surface area (Å²) in [5, 5.41) is 9.40. The lowest BCUT2D eigenvalue weighted by molar-refractivity contribution is -0.138. The van der Waals surface area contributed by atoms with Crippen molar-refractivity contribution in [3.05, 3.63) is 0 Å². The summed E-state index contributed by atoms with van der Waals surface area (Å²) < 4.78 is 10.5. The topological polar surface area (TPSA) is 38.7 Å². The lowest BCUT2D eigenvalue weighted by atomic mass is 10.2. The van der Waals surface area contributed by atoms with Crippen molar-refractivity contribution < 1.29 is 14.6 Å². The molecule has 0 saturated heterocycles. The Balaban J connectivity index is 3.08. The number of aliphatic hydroxyl groups excluding tert-OH is 1. The fourth-order valence-corrected chi connectivity index (χ4v) is 1.43. The minimum atomic E-state index is -0.747. The Morgan fingerprint density at radius 2 is 1.50 bits per heavy atom. The molecule has 98 valence electrons. The molecule has 0 heterocycles. The number of aliphatic hydroxyl groups is 1. The van der Waals surface area contributed by atoms with Gasteiger partial charge in [0.05, 0.1) is 6.61 Å². The predicted molar refractivity (Wildman–Crippen MR) is 66.4 cm³/mol. The van der Waals surface area contributed by atoms with Crippen LogP contribution in [-0.2, 0) is 9.47 Å². The summed E-state index contributed by atoms with van der Waals surface area (Å²) in [7, 11) is 0. The van der Waals surface area contributed by atoms with Crippen LogP contribution in [0.25, 0.3) is 0 Å². The highest BCUT2D eigenvalue weighted by Crippen LogP contribution is 2.00. The second-order valence-corrected chi connectivity index (χ2v) is 4.17. The van der Waals surface area contributed by atoms with Gasteiger partial charge in [-0.15, -0.1) is 0 Å². The Morgan fingerprint density at radius 3 is 2.19 bits per heavy atom. The fourth-order valence-electron chi connectivity index (χ4n) is 1.43. The molecule has 0 amide bonds. The van der Waals surface area contributed by atoms with Crippen LogP contribution in [0.2, 0.25) is 0 Å². The number of rotatable bonds is 12. The van der Waals surface area contributed by atoms with Gasteiger partial charge in [-0.05, 0) is 12.8 Å². The molecule has 1 atom stereocenters. The third-order valence-corrected chi connectivity index (χ3v) is 2.46. The van der Waals surface area contributed by atoms with Crippen molar-refractivity contribution in [2.75, 3.05) is 19.8 Å². The summed E-state index contributed by atoms with van der Waals surface area (Å²) in [5.74, 6) is 0. The first-order valence-corrected chi connectivity index (χ1v) is 6.68. The summed E-state index contributed by atoms with van der Waals surface area (Å²) in [4.78, 5) is 0. The summed E-state index contributed by atoms with van der Waals surface area (Å²) in [6.45, 7) is 6.01. The van der Waals surface area contributed by atoms with Crippen molar-refractivity contribution >= 4 is 0 Å². The van der Waals surface area contributed by atoms with Crippen LogP contribution in [0.1, 0.15) is 58.8 Å². The first kappa shape index (κ1) is 15.9. The van der Waals surface area contributed by atoms with Gasteiger partial charge >= 0.3 is 0 Å². The zero-order chi connectivity index (χ0) is 12.1. The molecule has 1 N–H and O–H groups in total. The van der Waals surface area contributed by atoms with Gasteiger partial charge in [0.25, 0.3) is 0 Å². The van der Waals surface area contributed by atoms with Crippen LogP contribution in [0.5, 0.6) is 0 Å². The molecule has 0 spiro atoms. The van der Waals surface area contributed by atoms with Crippen LogP contribution >= 0.6 is 0 Å². The van der Waals surface area contributed by atoms with Crippen LogP contribution in [-0.4, -0.2) is 31.2 Å². The third-order valence-electron chi connectivity index (χ3n) is 2.46. The highest BCUT2D eigenvalue weighted by molar-refractivity contribution is 4.43. The first-order chi connectivity index (χ1) is 7.81. The molecule has 0 bridgehead atoms. The smallest absolute Gasteiger partial charge is 0.178 e. The monoisotopic (exact) mass is 232 g/mol. The number of hydrogen-bond acceptors (Lipinski definition) is 3. The predicted octanol–water partition coefficient (Wildman–Crippen LogP) is 3.11. The zero-order valence-corrected chi connectivity index (χ0v) is 10.9. The Hall–Kier alpha value is -0.120. The van der Waals surface area contributed by atoms with E-state index < -0.39 is 6.29 Å². The molecule has 16 heavy (non-hydrogen) atoms. The zero-order valence-electron chi connectivity index (χ0n) is 10.9. The van der Waals surface area contributed by atoms with Crippen LogP contribution in [0.4, 0.5) is 0 Å². The molecule has 0 aliphatic heterocycles. The standard InChI is InChI=1S/C13H28O3/c1-3-5-7-9-10-15-12-13(14)16-11-8-6-4-2/h13-14H,3-12H2,1-2H3. The maximum Gasteiger partial charge on any atom is 0.178 e. The van der Waals surface area contributed by atoms with Crippen molar-refractivity contribution in [3.63, 3.8) is 0 Å². The second-order valence-electron chi connectivity index (χ2n) is 4.17. The SMILES string of the molecule is CCCCCCOCC(O)OCCCCC. The summed E-state index contributed by atoms with van der Waals surface area (Å²) in [6, 6.07) is 0. The van der Waals surface area contributed by atoms with E-state index in [-0.39, 0.29) is 0 Å². The van der Waals surface area contributed by atoms with Gasteiger partial charge in [-0.3, -0.25) is 0 Å². The van der Waals surface area contributed by atoms with Crippen LogP contribution in [0.3, 0.4) is 0 Å². The first-order valence-electron chi connectivity index (χ1n) is 6.68. The molecule has 0 saturated carbocycles. The van der Waals surface area contributed by atoms with E-state index in [1.165, 1.54) is 25.7 Å². The van der Waals surface area contributed by atoms with E-state index in [4.69, 9.17) is 9.47 Å². The lowest BCUT2D eigenvalue weighted by Gasteiger charge is -2.12. The number of hydrogen-bond donors (Lipinski definition) is 1. The molecule has 1 unspecified atom stereocenters. The quantitative estimate of drug-likeness (QED) is 0.415. The second kappa shape index (κ2) is 12.9. The van der Waals surface area contributed by atoms with E-state index in [0.717, 1.165) is 25.9 Å². The van der Waals surface area contributed by atoms with Crippen molar-refractivity contribution in [1.29, 1.82) is 0 Å². The maximum absolute atomic E-state index is 9.40. The summed E-state index contributed by atoms with van der Waals surface area (Å²) in [5.41, 5.74) is 0. The van der Waals surface area contributed by atoms with Crippen molar-refractivity contribution in [3.8, 4) is 0 Å². The van der Waals surface area contributed by atoms with Crippen LogP contribution in [0.15, 0.2) is 0 Å². The summed E-state index contributed by atoms with van der Waals surface area (Å²) in [6.07, 6.45) is 7.40. The van der Waals surface area contributed by atoms with E-state index >= 15 is 0 Å². The molecule has 0 aromatic carbocycles. The normalized spacial score (nSPS) is 12.9. The van der Waals surface area contributed by atoms with Crippen molar-refractivity contribution in [1.82, 2.24) is 0 Å². The highest BCUT2D eigenvalue weighted by Gasteiger charge is 2.03. The largest absolute Gasteiger partial charge is 0.376 e. The lowest BCUT2D eigenvalue weighted by Crippen LogP contribution is -2.20. The third kappa shape index (κ3) is 12.0. The van der Waals surface area contributed by atoms with E-state index in [1.54, 1.807) is 0 Å². The van der Waals surface area contributed by atoms with E-state index in [1.807, 2.05) is 0 Å².